The number of aryl methyl sites for hydroxylation is 1. The van der Waals surface area contributed by atoms with E-state index in [-0.39, 0.29) is 5.69 Å². The van der Waals surface area contributed by atoms with E-state index in [1.54, 1.807) is 35.0 Å². The summed E-state index contributed by atoms with van der Waals surface area (Å²) in [6.45, 7) is 2.28. The Hall–Kier alpha value is -3.09. The van der Waals surface area contributed by atoms with Gasteiger partial charge in [-0.2, -0.15) is 5.10 Å². The molecule has 8 heteroatoms. The van der Waals surface area contributed by atoms with Crippen molar-refractivity contribution in [1.82, 2.24) is 14.9 Å². The summed E-state index contributed by atoms with van der Waals surface area (Å²) in [6, 6.07) is 18.1. The number of anilines is 1. The quantitative estimate of drug-likeness (QED) is 0.460. The van der Waals surface area contributed by atoms with E-state index in [1.165, 1.54) is 0 Å². The number of rotatable bonds is 5. The minimum atomic E-state index is -0.406. The summed E-state index contributed by atoms with van der Waals surface area (Å²) >= 11 is 12.5. The Bertz CT molecular complexity index is 1150. The molecule has 0 spiro atoms. The highest BCUT2D eigenvalue weighted by Crippen LogP contribution is 2.26. The molecule has 0 saturated carbocycles. The number of nitrogens with one attached hydrogen (secondary N) is 1. The normalized spacial score (nSPS) is 10.9. The van der Waals surface area contributed by atoms with Gasteiger partial charge in [-0.1, -0.05) is 64.8 Å². The number of carbonyl (C=O) groups excluding carboxylic acids is 1. The topological polar surface area (TPSA) is 73.0 Å². The fourth-order valence-corrected chi connectivity index (χ4v) is 3.38. The molecule has 2 aromatic heterocycles. The molecule has 0 fully saturated rings. The maximum Gasteiger partial charge on any atom is 0.279 e. The molecule has 0 aliphatic carbocycles. The van der Waals surface area contributed by atoms with E-state index >= 15 is 0 Å². The molecule has 1 N–H and O–H groups in total. The predicted octanol–water partition coefficient (Wildman–Crippen LogP) is 5.45. The molecule has 29 heavy (non-hydrogen) atoms. The van der Waals surface area contributed by atoms with Crippen molar-refractivity contribution >= 4 is 34.9 Å². The molecule has 0 bridgehead atoms. The van der Waals surface area contributed by atoms with Gasteiger partial charge in [0.2, 0.25) is 0 Å². The number of amides is 1. The molecule has 0 saturated heterocycles. The first-order chi connectivity index (χ1) is 14.0. The fourth-order valence-electron chi connectivity index (χ4n) is 2.87. The van der Waals surface area contributed by atoms with Gasteiger partial charge in [-0.25, -0.2) is 0 Å². The van der Waals surface area contributed by atoms with Gasteiger partial charge in [0.25, 0.3) is 5.91 Å². The summed E-state index contributed by atoms with van der Waals surface area (Å²) in [5, 5.41) is 12.1. The van der Waals surface area contributed by atoms with Crippen LogP contribution in [0.3, 0.4) is 0 Å². The zero-order chi connectivity index (χ0) is 20.4. The molecular formula is C21H16Cl2N4O2. The summed E-state index contributed by atoms with van der Waals surface area (Å²) in [5.41, 5.74) is 2.63. The van der Waals surface area contributed by atoms with Crippen LogP contribution in [-0.4, -0.2) is 20.8 Å². The summed E-state index contributed by atoms with van der Waals surface area (Å²) in [5.74, 6) is 0.516. The van der Waals surface area contributed by atoms with E-state index in [4.69, 9.17) is 27.7 Å². The second kappa shape index (κ2) is 8.11. The molecule has 0 atom stereocenters. The number of carbonyl (C=O) groups is 1. The van der Waals surface area contributed by atoms with Gasteiger partial charge in [0, 0.05) is 39.0 Å². The van der Waals surface area contributed by atoms with Crippen LogP contribution in [-0.2, 0) is 6.54 Å². The molecule has 2 heterocycles. The first kappa shape index (κ1) is 19.2. The van der Waals surface area contributed by atoms with Gasteiger partial charge in [0.05, 0.1) is 6.54 Å². The van der Waals surface area contributed by atoms with Crippen LogP contribution in [0.4, 0.5) is 5.82 Å². The summed E-state index contributed by atoms with van der Waals surface area (Å²) in [4.78, 5) is 12.5. The van der Waals surface area contributed by atoms with Crippen LogP contribution in [0.2, 0.25) is 10.0 Å². The highest BCUT2D eigenvalue weighted by Gasteiger charge is 2.16. The van der Waals surface area contributed by atoms with Crippen LogP contribution in [0.5, 0.6) is 0 Å². The number of benzene rings is 2. The van der Waals surface area contributed by atoms with Crippen molar-refractivity contribution in [3.63, 3.8) is 0 Å². The SMILES string of the molecule is Cc1cc(NC(=O)c2cc(-c3ccccc3)on2)nn1Cc1c(Cl)cccc1Cl. The molecule has 1 amide bonds. The van der Waals surface area contributed by atoms with Crippen LogP contribution in [0.1, 0.15) is 21.7 Å². The van der Waals surface area contributed by atoms with Crippen LogP contribution >= 0.6 is 23.2 Å². The fraction of sp³-hybridized carbons (Fsp3) is 0.0952. The highest BCUT2D eigenvalue weighted by atomic mass is 35.5. The number of halogens is 2. The van der Waals surface area contributed by atoms with E-state index in [2.05, 4.69) is 15.6 Å². The van der Waals surface area contributed by atoms with Crippen LogP contribution in [0.15, 0.2) is 65.2 Å². The number of nitrogens with zero attached hydrogens (tertiary/aromatic N) is 3. The van der Waals surface area contributed by atoms with Crippen molar-refractivity contribution in [2.75, 3.05) is 5.32 Å². The Morgan fingerprint density at radius 2 is 1.79 bits per heavy atom. The smallest absolute Gasteiger partial charge is 0.279 e. The lowest BCUT2D eigenvalue weighted by atomic mass is 10.1. The average Bonchev–Trinajstić information content (AvgIpc) is 3.33. The lowest BCUT2D eigenvalue weighted by Gasteiger charge is -2.08. The Balaban J connectivity index is 1.50. The third kappa shape index (κ3) is 4.18. The lowest BCUT2D eigenvalue weighted by Crippen LogP contribution is -2.13. The molecule has 0 aliphatic heterocycles. The maximum absolute atomic E-state index is 12.5. The second-order valence-electron chi connectivity index (χ2n) is 6.43. The molecule has 146 valence electrons. The Morgan fingerprint density at radius 3 is 2.52 bits per heavy atom. The van der Waals surface area contributed by atoms with Crippen LogP contribution in [0, 0.1) is 6.92 Å². The van der Waals surface area contributed by atoms with E-state index in [1.807, 2.05) is 37.3 Å². The molecule has 2 aromatic carbocycles. The summed E-state index contributed by atoms with van der Waals surface area (Å²) in [7, 11) is 0. The number of hydrogen-bond acceptors (Lipinski definition) is 4. The molecular weight excluding hydrogens is 411 g/mol. The monoisotopic (exact) mass is 426 g/mol. The van der Waals surface area contributed by atoms with Crippen molar-refractivity contribution in [1.29, 1.82) is 0 Å². The predicted molar refractivity (Wildman–Crippen MR) is 112 cm³/mol. The molecule has 0 aliphatic rings. The molecule has 4 rings (SSSR count). The van der Waals surface area contributed by atoms with Crippen molar-refractivity contribution in [3.8, 4) is 11.3 Å². The molecule has 4 aromatic rings. The van der Waals surface area contributed by atoms with Crippen molar-refractivity contribution in [2.45, 2.75) is 13.5 Å². The first-order valence-electron chi connectivity index (χ1n) is 8.82. The van der Waals surface area contributed by atoms with Gasteiger partial charge in [-0.15, -0.1) is 0 Å². The van der Waals surface area contributed by atoms with Crippen LogP contribution in [0.25, 0.3) is 11.3 Å². The Labute approximate surface area is 177 Å². The number of aromatic nitrogens is 3. The minimum absolute atomic E-state index is 0.171. The highest BCUT2D eigenvalue weighted by molar-refractivity contribution is 6.35. The standard InChI is InChI=1S/C21H16Cl2N4O2/c1-13-10-20(25-27(13)12-15-16(22)8-5-9-17(15)23)24-21(28)18-11-19(29-26-18)14-6-3-2-4-7-14/h2-11H,12H2,1H3,(H,24,25,28). The van der Waals surface area contributed by atoms with Gasteiger partial charge in [0.1, 0.15) is 0 Å². The zero-order valence-corrected chi connectivity index (χ0v) is 16.9. The van der Waals surface area contributed by atoms with Gasteiger partial charge in [-0.3, -0.25) is 9.48 Å². The van der Waals surface area contributed by atoms with Crippen molar-refractivity contribution < 1.29 is 9.32 Å². The lowest BCUT2D eigenvalue weighted by molar-refractivity contribution is 0.101. The largest absolute Gasteiger partial charge is 0.355 e. The average molecular weight is 427 g/mol. The van der Waals surface area contributed by atoms with Crippen LogP contribution < -0.4 is 5.32 Å². The van der Waals surface area contributed by atoms with E-state index < -0.39 is 5.91 Å². The van der Waals surface area contributed by atoms with Crippen molar-refractivity contribution in [3.05, 3.63) is 87.7 Å². The Kier molecular flexibility index (Phi) is 5.38. The summed E-state index contributed by atoms with van der Waals surface area (Å²) < 4.78 is 7.00. The summed E-state index contributed by atoms with van der Waals surface area (Å²) in [6.07, 6.45) is 0. The first-order valence-corrected chi connectivity index (χ1v) is 9.57. The van der Waals surface area contributed by atoms with Crippen molar-refractivity contribution in [2.24, 2.45) is 0 Å². The Morgan fingerprint density at radius 1 is 1.07 bits per heavy atom. The number of hydrogen-bond donors (Lipinski definition) is 1. The van der Waals surface area contributed by atoms with Gasteiger partial charge >= 0.3 is 0 Å². The van der Waals surface area contributed by atoms with Gasteiger partial charge < -0.3 is 9.84 Å². The zero-order valence-electron chi connectivity index (χ0n) is 15.4. The van der Waals surface area contributed by atoms with E-state index in [0.717, 1.165) is 16.8 Å². The maximum atomic E-state index is 12.5. The van der Waals surface area contributed by atoms with E-state index in [9.17, 15) is 4.79 Å². The second-order valence-corrected chi connectivity index (χ2v) is 7.24. The third-order valence-corrected chi connectivity index (χ3v) is 5.10. The minimum Gasteiger partial charge on any atom is -0.355 e. The third-order valence-electron chi connectivity index (χ3n) is 4.39. The van der Waals surface area contributed by atoms with Gasteiger partial charge in [0.15, 0.2) is 17.3 Å². The van der Waals surface area contributed by atoms with Gasteiger partial charge in [-0.05, 0) is 19.1 Å². The molecule has 0 radical (unpaired) electrons. The molecule has 6 nitrogen and oxygen atoms in total. The van der Waals surface area contributed by atoms with E-state index in [0.29, 0.717) is 28.2 Å². The molecule has 0 unspecified atom stereocenters.